The monoisotopic (exact) mass is 437 g/mol. The summed E-state index contributed by atoms with van der Waals surface area (Å²) in [6.07, 6.45) is 0. The molecule has 1 aromatic heterocycles. The molecule has 0 spiro atoms. The van der Waals surface area contributed by atoms with Crippen LogP contribution in [-0.2, 0) is 14.8 Å². The molecule has 1 amide bonds. The number of hydrogen-bond acceptors (Lipinski definition) is 5. The summed E-state index contributed by atoms with van der Waals surface area (Å²) in [4.78, 5) is 17.3. The molecule has 8 heteroatoms. The Hall–Kier alpha value is -3.23. The number of thiazole rings is 1. The fraction of sp³-hybridized carbons (Fsp3) is 0.0909. The van der Waals surface area contributed by atoms with Crippen LogP contribution in [0.4, 0.5) is 10.8 Å². The normalized spacial score (nSPS) is 11.4. The van der Waals surface area contributed by atoms with Gasteiger partial charge in [0.25, 0.3) is 10.0 Å². The van der Waals surface area contributed by atoms with Crippen molar-refractivity contribution in [2.45, 2.75) is 11.8 Å². The summed E-state index contributed by atoms with van der Waals surface area (Å²) >= 11 is 1.34. The van der Waals surface area contributed by atoms with E-state index >= 15 is 0 Å². The molecule has 0 aliphatic heterocycles. The zero-order valence-corrected chi connectivity index (χ0v) is 17.8. The van der Waals surface area contributed by atoms with Crippen LogP contribution in [0.15, 0.2) is 83.8 Å². The number of nitrogens with one attached hydrogen (secondary N) is 1. The van der Waals surface area contributed by atoms with Crippen molar-refractivity contribution < 1.29 is 13.2 Å². The van der Waals surface area contributed by atoms with Gasteiger partial charge in [-0.3, -0.25) is 9.10 Å². The molecule has 30 heavy (non-hydrogen) atoms. The molecule has 0 aliphatic rings. The molecule has 4 rings (SSSR count). The lowest BCUT2D eigenvalue weighted by Crippen LogP contribution is -2.38. The second kappa shape index (κ2) is 8.25. The molecule has 6 nitrogen and oxygen atoms in total. The first-order valence-electron chi connectivity index (χ1n) is 9.23. The van der Waals surface area contributed by atoms with Gasteiger partial charge in [0.05, 0.1) is 20.8 Å². The standard InChI is InChI=1S/C22H19N3O3S2/c1-16-11-13-18(14-12-16)30(27,28)25(17-7-3-2-4-8-17)15-21(26)24-22-23-19-9-5-6-10-20(19)29-22/h2-14H,15H2,1H3,(H,23,24,26). The predicted octanol–water partition coefficient (Wildman–Crippen LogP) is 4.44. The zero-order chi connectivity index (χ0) is 21.1. The Morgan fingerprint density at radius 2 is 1.63 bits per heavy atom. The second-order valence-electron chi connectivity index (χ2n) is 6.70. The second-order valence-corrected chi connectivity index (χ2v) is 9.59. The Bertz CT molecular complexity index is 1250. The summed E-state index contributed by atoms with van der Waals surface area (Å²) in [7, 11) is -3.93. The predicted molar refractivity (Wildman–Crippen MR) is 120 cm³/mol. The molecule has 152 valence electrons. The quantitative estimate of drug-likeness (QED) is 0.484. The highest BCUT2D eigenvalue weighted by Gasteiger charge is 2.27. The van der Waals surface area contributed by atoms with Crippen molar-refractivity contribution >= 4 is 48.3 Å². The maximum Gasteiger partial charge on any atom is 0.264 e. The van der Waals surface area contributed by atoms with Gasteiger partial charge in [0.2, 0.25) is 5.91 Å². The number of anilines is 2. The molecule has 4 aromatic rings. The number of carbonyl (C=O) groups excluding carboxylic acids is 1. The van der Waals surface area contributed by atoms with E-state index in [4.69, 9.17) is 0 Å². The molecule has 1 heterocycles. The van der Waals surface area contributed by atoms with Gasteiger partial charge in [-0.05, 0) is 43.3 Å². The smallest absolute Gasteiger partial charge is 0.264 e. The SMILES string of the molecule is Cc1ccc(S(=O)(=O)N(CC(=O)Nc2nc3ccccc3s2)c2ccccc2)cc1. The van der Waals surface area contributed by atoms with Crippen LogP contribution < -0.4 is 9.62 Å². The van der Waals surface area contributed by atoms with Crippen LogP contribution in [0.5, 0.6) is 0 Å². The summed E-state index contributed by atoms with van der Waals surface area (Å²) in [5, 5.41) is 3.16. The molecule has 0 atom stereocenters. The molecule has 0 saturated heterocycles. The molecule has 0 unspecified atom stereocenters. The summed E-state index contributed by atoms with van der Waals surface area (Å²) in [6, 6.07) is 22.7. The highest BCUT2D eigenvalue weighted by Crippen LogP contribution is 2.27. The van der Waals surface area contributed by atoms with E-state index in [1.54, 1.807) is 54.6 Å². The third-order valence-electron chi connectivity index (χ3n) is 4.48. The van der Waals surface area contributed by atoms with Crippen molar-refractivity contribution in [1.82, 2.24) is 4.98 Å². The molecule has 0 fully saturated rings. The zero-order valence-electron chi connectivity index (χ0n) is 16.1. The Morgan fingerprint density at radius 3 is 2.33 bits per heavy atom. The number of nitrogens with zero attached hydrogens (tertiary/aromatic N) is 2. The van der Waals surface area contributed by atoms with Gasteiger partial charge in [-0.15, -0.1) is 0 Å². The van der Waals surface area contributed by atoms with E-state index in [1.165, 1.54) is 11.3 Å². The average molecular weight is 438 g/mol. The third kappa shape index (κ3) is 4.19. The first-order valence-corrected chi connectivity index (χ1v) is 11.5. The molecule has 0 radical (unpaired) electrons. The van der Waals surface area contributed by atoms with E-state index < -0.39 is 15.9 Å². The van der Waals surface area contributed by atoms with E-state index in [1.807, 2.05) is 31.2 Å². The van der Waals surface area contributed by atoms with Crippen molar-refractivity contribution in [3.63, 3.8) is 0 Å². The lowest BCUT2D eigenvalue weighted by molar-refractivity contribution is -0.114. The number of aryl methyl sites for hydroxylation is 1. The number of sulfonamides is 1. The number of aromatic nitrogens is 1. The van der Waals surface area contributed by atoms with Crippen LogP contribution >= 0.6 is 11.3 Å². The Labute approximate surface area is 178 Å². The lowest BCUT2D eigenvalue weighted by Gasteiger charge is -2.24. The van der Waals surface area contributed by atoms with Crippen LogP contribution in [0.2, 0.25) is 0 Å². The molecule has 1 N–H and O–H groups in total. The van der Waals surface area contributed by atoms with Gasteiger partial charge < -0.3 is 5.32 Å². The Kier molecular flexibility index (Phi) is 5.52. The van der Waals surface area contributed by atoms with Crippen LogP contribution in [0, 0.1) is 6.92 Å². The van der Waals surface area contributed by atoms with Crippen molar-refractivity contribution in [2.75, 3.05) is 16.2 Å². The number of amides is 1. The van der Waals surface area contributed by atoms with Gasteiger partial charge in [-0.1, -0.05) is 59.4 Å². The molecule has 0 aliphatic carbocycles. The lowest BCUT2D eigenvalue weighted by atomic mass is 10.2. The maximum absolute atomic E-state index is 13.3. The highest BCUT2D eigenvalue weighted by atomic mass is 32.2. The number of benzene rings is 3. The van der Waals surface area contributed by atoms with Gasteiger partial charge in [0, 0.05) is 0 Å². The fourth-order valence-electron chi connectivity index (χ4n) is 2.96. The molecular weight excluding hydrogens is 418 g/mol. The minimum atomic E-state index is -3.93. The van der Waals surface area contributed by atoms with E-state index in [9.17, 15) is 13.2 Å². The van der Waals surface area contributed by atoms with Crippen molar-refractivity contribution in [1.29, 1.82) is 0 Å². The largest absolute Gasteiger partial charge is 0.300 e. The summed E-state index contributed by atoms with van der Waals surface area (Å²) < 4.78 is 28.7. The van der Waals surface area contributed by atoms with Gasteiger partial charge in [-0.25, -0.2) is 13.4 Å². The Morgan fingerprint density at radius 1 is 0.967 bits per heavy atom. The molecule has 3 aromatic carbocycles. The van der Waals surface area contributed by atoms with E-state index in [-0.39, 0.29) is 11.4 Å². The van der Waals surface area contributed by atoms with Gasteiger partial charge >= 0.3 is 0 Å². The van der Waals surface area contributed by atoms with Gasteiger partial charge in [0.1, 0.15) is 6.54 Å². The molecular formula is C22H19N3O3S2. The summed E-state index contributed by atoms with van der Waals surface area (Å²) in [5.41, 5.74) is 2.15. The maximum atomic E-state index is 13.3. The number of carbonyl (C=O) groups is 1. The van der Waals surface area contributed by atoms with Crippen molar-refractivity contribution in [3.05, 3.63) is 84.4 Å². The number of para-hydroxylation sites is 2. The third-order valence-corrected chi connectivity index (χ3v) is 7.22. The van der Waals surface area contributed by atoms with Gasteiger partial charge in [-0.2, -0.15) is 0 Å². The van der Waals surface area contributed by atoms with Crippen LogP contribution in [0.3, 0.4) is 0 Å². The summed E-state index contributed by atoms with van der Waals surface area (Å²) in [5.74, 6) is -0.464. The van der Waals surface area contributed by atoms with Gasteiger partial charge in [0.15, 0.2) is 5.13 Å². The van der Waals surface area contributed by atoms with E-state index in [0.717, 1.165) is 20.1 Å². The number of hydrogen-bond donors (Lipinski definition) is 1. The molecule has 0 bridgehead atoms. The fourth-order valence-corrected chi connectivity index (χ4v) is 5.26. The van der Waals surface area contributed by atoms with Crippen molar-refractivity contribution in [3.8, 4) is 0 Å². The Balaban J connectivity index is 1.63. The van der Waals surface area contributed by atoms with E-state index in [0.29, 0.717) is 10.8 Å². The minimum Gasteiger partial charge on any atom is -0.300 e. The van der Waals surface area contributed by atoms with Crippen molar-refractivity contribution in [2.24, 2.45) is 0 Å². The first-order chi connectivity index (χ1) is 14.4. The van der Waals surface area contributed by atoms with E-state index in [2.05, 4.69) is 10.3 Å². The first kappa shape index (κ1) is 20.1. The molecule has 0 saturated carbocycles. The van der Waals surface area contributed by atoms with Crippen LogP contribution in [0.1, 0.15) is 5.56 Å². The average Bonchev–Trinajstić information content (AvgIpc) is 3.15. The summed E-state index contributed by atoms with van der Waals surface area (Å²) in [6.45, 7) is 1.52. The number of rotatable bonds is 6. The van der Waals surface area contributed by atoms with Crippen LogP contribution in [-0.4, -0.2) is 25.9 Å². The van der Waals surface area contributed by atoms with Crippen LogP contribution in [0.25, 0.3) is 10.2 Å². The minimum absolute atomic E-state index is 0.129. The topological polar surface area (TPSA) is 79.4 Å². The highest BCUT2D eigenvalue weighted by molar-refractivity contribution is 7.92. The number of fused-ring (bicyclic) bond motifs is 1.